The quantitative estimate of drug-likeness (QED) is 0.752. The summed E-state index contributed by atoms with van der Waals surface area (Å²) < 4.78 is 6.14. The Morgan fingerprint density at radius 1 is 1.07 bits per heavy atom. The number of benzene rings is 1. The van der Waals surface area contributed by atoms with Crippen LogP contribution in [-0.2, 0) is 22.5 Å². The van der Waals surface area contributed by atoms with Crippen LogP contribution in [0.5, 0.6) is 0 Å². The fourth-order valence-corrected chi connectivity index (χ4v) is 4.00. The van der Waals surface area contributed by atoms with E-state index in [4.69, 9.17) is 4.74 Å². The number of carbonyl (C=O) groups is 1. The predicted octanol–water partition coefficient (Wildman–Crippen LogP) is 2.68. The molecule has 3 heterocycles. The van der Waals surface area contributed by atoms with Gasteiger partial charge in [-0.3, -0.25) is 14.7 Å². The number of hydrogen-bond donors (Lipinski definition) is 0. The van der Waals surface area contributed by atoms with Gasteiger partial charge in [-0.2, -0.15) is 0 Å². The molecular weight excluding hydrogens is 350 g/mol. The molecule has 0 saturated carbocycles. The maximum atomic E-state index is 13.5. The van der Waals surface area contributed by atoms with Gasteiger partial charge in [0, 0.05) is 45.3 Å². The lowest BCUT2D eigenvalue weighted by atomic mass is 9.95. The molecule has 1 spiro atoms. The molecule has 1 aromatic carbocycles. The van der Waals surface area contributed by atoms with Crippen molar-refractivity contribution < 1.29 is 9.53 Å². The maximum Gasteiger partial charge on any atom is 0.256 e. The highest BCUT2D eigenvalue weighted by atomic mass is 16.5. The molecular formula is C23H27N3O2. The van der Waals surface area contributed by atoms with Crippen LogP contribution in [0, 0.1) is 0 Å². The van der Waals surface area contributed by atoms with E-state index >= 15 is 0 Å². The summed E-state index contributed by atoms with van der Waals surface area (Å²) in [5.41, 5.74) is 1.49. The summed E-state index contributed by atoms with van der Waals surface area (Å²) in [5, 5.41) is 0. The molecule has 5 heteroatoms. The lowest BCUT2D eigenvalue weighted by Gasteiger charge is -2.42. The summed E-state index contributed by atoms with van der Waals surface area (Å²) in [6.45, 7) is 4.09. The molecule has 0 unspecified atom stereocenters. The van der Waals surface area contributed by atoms with E-state index in [0.29, 0.717) is 32.7 Å². The van der Waals surface area contributed by atoms with Gasteiger partial charge in [-0.15, -0.1) is 0 Å². The second-order valence-corrected chi connectivity index (χ2v) is 7.54. The van der Waals surface area contributed by atoms with Gasteiger partial charge in [0.05, 0.1) is 12.3 Å². The van der Waals surface area contributed by atoms with Crippen LogP contribution in [-0.4, -0.2) is 59.1 Å². The first-order valence-corrected chi connectivity index (χ1v) is 10.00. The molecule has 2 aromatic rings. The van der Waals surface area contributed by atoms with Gasteiger partial charge in [-0.1, -0.05) is 48.6 Å². The molecule has 1 fully saturated rings. The van der Waals surface area contributed by atoms with E-state index in [0.717, 1.165) is 25.2 Å². The Bertz CT molecular complexity index is 809. The van der Waals surface area contributed by atoms with E-state index in [-0.39, 0.29) is 5.91 Å². The topological polar surface area (TPSA) is 45.7 Å². The van der Waals surface area contributed by atoms with E-state index in [9.17, 15) is 4.79 Å². The number of ether oxygens (including phenoxy) is 1. The van der Waals surface area contributed by atoms with Crippen LogP contribution in [0.15, 0.2) is 66.9 Å². The van der Waals surface area contributed by atoms with Crippen molar-refractivity contribution >= 4 is 5.91 Å². The molecule has 146 valence electrons. The number of rotatable bonds is 5. The average molecular weight is 377 g/mol. The first-order chi connectivity index (χ1) is 13.8. The number of carbonyl (C=O) groups excluding carboxylic acids is 1. The van der Waals surface area contributed by atoms with Gasteiger partial charge in [0.15, 0.2) is 5.60 Å². The Kier molecular flexibility index (Phi) is 5.84. The molecule has 5 nitrogen and oxygen atoms in total. The fraction of sp³-hybridized carbons (Fsp3) is 0.391. The number of hydrogen-bond acceptors (Lipinski definition) is 4. The van der Waals surface area contributed by atoms with Gasteiger partial charge in [0.1, 0.15) is 0 Å². The molecule has 0 bridgehead atoms. The SMILES string of the molecule is O=C1N(CCc2ccccc2)CC=CC[C@]12CN(Cc1ccccn1)CCO2. The van der Waals surface area contributed by atoms with Gasteiger partial charge in [-0.25, -0.2) is 0 Å². The van der Waals surface area contributed by atoms with Crippen LogP contribution in [0.4, 0.5) is 0 Å². The summed E-state index contributed by atoms with van der Waals surface area (Å²) in [6, 6.07) is 16.3. The zero-order chi connectivity index (χ0) is 19.2. The average Bonchev–Trinajstić information content (AvgIpc) is 2.88. The molecule has 1 saturated heterocycles. The fourth-order valence-electron chi connectivity index (χ4n) is 4.00. The monoisotopic (exact) mass is 377 g/mol. The van der Waals surface area contributed by atoms with Gasteiger partial charge >= 0.3 is 0 Å². The maximum absolute atomic E-state index is 13.5. The molecule has 2 aliphatic heterocycles. The molecule has 1 amide bonds. The summed E-state index contributed by atoms with van der Waals surface area (Å²) in [6.07, 6.45) is 7.50. The Morgan fingerprint density at radius 3 is 2.75 bits per heavy atom. The third kappa shape index (κ3) is 4.32. The van der Waals surface area contributed by atoms with Crippen molar-refractivity contribution in [3.8, 4) is 0 Å². The Balaban J connectivity index is 1.45. The normalized spacial score (nSPS) is 23.1. The van der Waals surface area contributed by atoms with E-state index in [1.807, 2.05) is 47.5 Å². The molecule has 0 radical (unpaired) electrons. The largest absolute Gasteiger partial charge is 0.362 e. The summed E-state index contributed by atoms with van der Waals surface area (Å²) in [7, 11) is 0. The second-order valence-electron chi connectivity index (χ2n) is 7.54. The Hall–Kier alpha value is -2.50. The van der Waals surface area contributed by atoms with Crippen molar-refractivity contribution in [2.45, 2.75) is 25.0 Å². The van der Waals surface area contributed by atoms with Gasteiger partial charge < -0.3 is 9.64 Å². The van der Waals surface area contributed by atoms with Crippen LogP contribution < -0.4 is 0 Å². The van der Waals surface area contributed by atoms with Crippen molar-refractivity contribution in [2.24, 2.45) is 0 Å². The molecule has 2 aliphatic rings. The minimum Gasteiger partial charge on any atom is -0.362 e. The summed E-state index contributed by atoms with van der Waals surface area (Å²) in [4.78, 5) is 22.1. The Labute approximate surface area is 166 Å². The van der Waals surface area contributed by atoms with E-state index in [1.54, 1.807) is 0 Å². The standard InChI is InChI=1S/C23H27N3O2/c27-22-23(19-25(16-17-28-23)18-21-10-4-6-13-24-21)12-5-7-14-26(22)15-11-20-8-2-1-3-9-20/h1-10,13H,11-12,14-19H2/t23-/m0/s1. The Morgan fingerprint density at radius 2 is 1.93 bits per heavy atom. The van der Waals surface area contributed by atoms with Gasteiger partial charge in [0.2, 0.25) is 0 Å². The minimum absolute atomic E-state index is 0.110. The van der Waals surface area contributed by atoms with Gasteiger partial charge in [-0.05, 0) is 24.1 Å². The molecule has 4 rings (SSSR count). The molecule has 1 aromatic heterocycles. The smallest absolute Gasteiger partial charge is 0.256 e. The first-order valence-electron chi connectivity index (χ1n) is 10.00. The van der Waals surface area contributed by atoms with Crippen LogP contribution in [0.3, 0.4) is 0 Å². The van der Waals surface area contributed by atoms with Crippen molar-refractivity contribution in [3.63, 3.8) is 0 Å². The summed E-state index contributed by atoms with van der Waals surface area (Å²) >= 11 is 0. The predicted molar refractivity (Wildman–Crippen MR) is 109 cm³/mol. The highest BCUT2D eigenvalue weighted by Gasteiger charge is 2.45. The van der Waals surface area contributed by atoms with Gasteiger partial charge in [0.25, 0.3) is 5.91 Å². The minimum atomic E-state index is -0.781. The number of aromatic nitrogens is 1. The third-order valence-corrected chi connectivity index (χ3v) is 5.51. The number of morpholine rings is 1. The second kappa shape index (κ2) is 8.67. The van der Waals surface area contributed by atoms with E-state index < -0.39 is 5.60 Å². The summed E-state index contributed by atoms with van der Waals surface area (Å²) in [5.74, 6) is 0.110. The lowest BCUT2D eigenvalue weighted by molar-refractivity contribution is -0.170. The van der Waals surface area contributed by atoms with Crippen molar-refractivity contribution in [1.29, 1.82) is 0 Å². The first kappa shape index (κ1) is 18.8. The van der Waals surface area contributed by atoms with Crippen molar-refractivity contribution in [3.05, 3.63) is 78.1 Å². The highest BCUT2D eigenvalue weighted by Crippen LogP contribution is 2.28. The lowest BCUT2D eigenvalue weighted by Crippen LogP contribution is -2.60. The number of amides is 1. The van der Waals surface area contributed by atoms with Crippen LogP contribution >= 0.6 is 0 Å². The van der Waals surface area contributed by atoms with Crippen molar-refractivity contribution in [2.75, 3.05) is 32.8 Å². The molecule has 0 N–H and O–H groups in total. The number of pyridine rings is 1. The third-order valence-electron chi connectivity index (χ3n) is 5.51. The van der Waals surface area contributed by atoms with Crippen LogP contribution in [0.25, 0.3) is 0 Å². The molecule has 1 atom stereocenters. The van der Waals surface area contributed by atoms with E-state index in [2.05, 4.69) is 34.2 Å². The van der Waals surface area contributed by atoms with Crippen molar-refractivity contribution in [1.82, 2.24) is 14.8 Å². The zero-order valence-electron chi connectivity index (χ0n) is 16.2. The van der Waals surface area contributed by atoms with Crippen LogP contribution in [0.1, 0.15) is 17.7 Å². The molecule has 0 aliphatic carbocycles. The van der Waals surface area contributed by atoms with E-state index in [1.165, 1.54) is 5.56 Å². The highest BCUT2D eigenvalue weighted by molar-refractivity contribution is 5.86. The van der Waals surface area contributed by atoms with Crippen LogP contribution in [0.2, 0.25) is 0 Å². The zero-order valence-corrected chi connectivity index (χ0v) is 16.2. The molecule has 28 heavy (non-hydrogen) atoms. The number of nitrogens with zero attached hydrogens (tertiary/aromatic N) is 3.